The Morgan fingerprint density at radius 3 is 2.00 bits per heavy atom. The Kier molecular flexibility index (Phi) is 11.7. The Balaban J connectivity index is 0. The summed E-state index contributed by atoms with van der Waals surface area (Å²) < 4.78 is 22.8. The van der Waals surface area contributed by atoms with Crippen molar-refractivity contribution in [3.8, 4) is 0 Å². The van der Waals surface area contributed by atoms with Gasteiger partial charge in [-0.2, -0.15) is 4.21 Å². The minimum Gasteiger partial charge on any atom is -0.325 e. The number of nitrogens with two attached hydrogens (primary N) is 1. The molecule has 0 aliphatic heterocycles. The second-order valence-corrected chi connectivity index (χ2v) is 5.26. The van der Waals surface area contributed by atoms with Crippen LogP contribution in [0.2, 0.25) is 0 Å². The Hall–Kier alpha value is 0.0300. The Labute approximate surface area is 102 Å². The SMILES string of the molecule is CCCCCCC(C)C(C)(C)N.O=S(O)O. The van der Waals surface area contributed by atoms with E-state index < -0.39 is 11.4 Å². The molecule has 0 radical (unpaired) electrons. The first-order valence-electron chi connectivity index (χ1n) is 5.80. The summed E-state index contributed by atoms with van der Waals surface area (Å²) in [5.41, 5.74) is 6.00. The average molecular weight is 253 g/mol. The highest BCUT2D eigenvalue weighted by Gasteiger charge is 2.19. The van der Waals surface area contributed by atoms with Crippen LogP contribution in [0.4, 0.5) is 0 Å². The van der Waals surface area contributed by atoms with Gasteiger partial charge >= 0.3 is 0 Å². The normalized spacial score (nSPS) is 13.2. The molecule has 0 aromatic heterocycles. The van der Waals surface area contributed by atoms with Crippen LogP contribution in [0.5, 0.6) is 0 Å². The lowest BCUT2D eigenvalue weighted by molar-refractivity contribution is 0.317. The molecule has 1 atom stereocenters. The van der Waals surface area contributed by atoms with Gasteiger partial charge in [0, 0.05) is 5.54 Å². The zero-order valence-electron chi connectivity index (χ0n) is 10.9. The van der Waals surface area contributed by atoms with Gasteiger partial charge in [0.05, 0.1) is 0 Å². The fourth-order valence-electron chi connectivity index (χ4n) is 1.25. The Morgan fingerprint density at radius 1 is 1.25 bits per heavy atom. The molecule has 0 aliphatic rings. The van der Waals surface area contributed by atoms with E-state index in [4.69, 9.17) is 19.0 Å². The Bertz CT molecular complexity index is 177. The molecule has 1 unspecified atom stereocenters. The molecule has 0 aromatic carbocycles. The van der Waals surface area contributed by atoms with Crippen LogP contribution in [0.25, 0.3) is 0 Å². The number of hydrogen-bond donors (Lipinski definition) is 3. The van der Waals surface area contributed by atoms with Gasteiger partial charge in [0.15, 0.2) is 0 Å². The van der Waals surface area contributed by atoms with Crippen LogP contribution in [-0.2, 0) is 11.4 Å². The molecule has 0 rings (SSSR count). The topological polar surface area (TPSA) is 83.6 Å². The third-order valence-electron chi connectivity index (χ3n) is 2.76. The highest BCUT2D eigenvalue weighted by Crippen LogP contribution is 2.19. The molecule has 0 fully saturated rings. The lowest BCUT2D eigenvalue weighted by atomic mass is 9.86. The summed E-state index contributed by atoms with van der Waals surface area (Å²) in [5.74, 6) is 0.648. The summed E-state index contributed by atoms with van der Waals surface area (Å²) in [6.07, 6.45) is 6.69. The van der Waals surface area contributed by atoms with E-state index in [2.05, 4.69) is 27.7 Å². The van der Waals surface area contributed by atoms with Crippen LogP contribution in [0.15, 0.2) is 0 Å². The second kappa shape index (κ2) is 10.2. The van der Waals surface area contributed by atoms with Gasteiger partial charge in [0.2, 0.25) is 0 Å². The molecular weight excluding hydrogens is 226 g/mol. The number of rotatable bonds is 6. The van der Waals surface area contributed by atoms with Gasteiger partial charge in [-0.25, -0.2) is 0 Å². The maximum absolute atomic E-state index is 8.67. The molecule has 100 valence electrons. The van der Waals surface area contributed by atoms with Gasteiger partial charge < -0.3 is 5.73 Å². The van der Waals surface area contributed by atoms with Crippen molar-refractivity contribution in [2.45, 2.75) is 65.3 Å². The molecule has 0 amide bonds. The number of hydrogen-bond acceptors (Lipinski definition) is 2. The van der Waals surface area contributed by atoms with Gasteiger partial charge in [-0.1, -0.05) is 39.5 Å². The van der Waals surface area contributed by atoms with Crippen molar-refractivity contribution in [2.24, 2.45) is 11.7 Å². The summed E-state index contributed by atoms with van der Waals surface area (Å²) >= 11 is -2.61. The molecule has 0 saturated heterocycles. The quantitative estimate of drug-likeness (QED) is 0.502. The van der Waals surface area contributed by atoms with E-state index in [0.29, 0.717) is 5.92 Å². The molecule has 0 bridgehead atoms. The van der Waals surface area contributed by atoms with Crippen LogP contribution in [0.1, 0.15) is 59.8 Å². The van der Waals surface area contributed by atoms with E-state index >= 15 is 0 Å². The summed E-state index contributed by atoms with van der Waals surface area (Å²) in [6, 6.07) is 0. The molecule has 4 N–H and O–H groups in total. The molecule has 0 aliphatic carbocycles. The zero-order valence-corrected chi connectivity index (χ0v) is 11.7. The minimum absolute atomic E-state index is 0.00617. The fraction of sp³-hybridized carbons (Fsp3) is 1.00. The van der Waals surface area contributed by atoms with Crippen molar-refractivity contribution in [2.75, 3.05) is 0 Å². The van der Waals surface area contributed by atoms with Crippen LogP contribution < -0.4 is 5.73 Å². The largest absolute Gasteiger partial charge is 0.325 e. The van der Waals surface area contributed by atoms with E-state index in [1.54, 1.807) is 0 Å². The van der Waals surface area contributed by atoms with Gasteiger partial charge in [-0.15, -0.1) is 0 Å². The van der Waals surface area contributed by atoms with Crippen molar-refractivity contribution >= 4 is 11.4 Å². The van der Waals surface area contributed by atoms with Crippen molar-refractivity contribution in [1.82, 2.24) is 0 Å². The molecule has 4 nitrogen and oxygen atoms in total. The minimum atomic E-state index is -2.61. The van der Waals surface area contributed by atoms with E-state index in [1.807, 2.05) is 0 Å². The van der Waals surface area contributed by atoms with Crippen molar-refractivity contribution in [1.29, 1.82) is 0 Å². The summed E-state index contributed by atoms with van der Waals surface area (Å²) in [5, 5.41) is 0. The highest BCUT2D eigenvalue weighted by atomic mass is 32.2. The summed E-state index contributed by atoms with van der Waals surface area (Å²) in [7, 11) is 0. The van der Waals surface area contributed by atoms with Crippen molar-refractivity contribution < 1.29 is 13.3 Å². The predicted octanol–water partition coefficient (Wildman–Crippen LogP) is 3.01. The molecule has 0 heterocycles. The van der Waals surface area contributed by atoms with Crippen LogP contribution in [0.3, 0.4) is 0 Å². The number of unbranched alkanes of at least 4 members (excludes halogenated alkanes) is 3. The van der Waals surface area contributed by atoms with Gasteiger partial charge in [-0.05, 0) is 26.2 Å². The zero-order chi connectivity index (χ0) is 13.2. The summed E-state index contributed by atoms with van der Waals surface area (Å²) in [4.78, 5) is 0. The molecule has 5 heteroatoms. The van der Waals surface area contributed by atoms with Crippen molar-refractivity contribution in [3.05, 3.63) is 0 Å². The predicted molar refractivity (Wildman–Crippen MR) is 69.6 cm³/mol. The molecule has 0 saturated carbocycles. The monoisotopic (exact) mass is 253 g/mol. The molecule has 0 spiro atoms. The second-order valence-electron chi connectivity index (χ2n) is 4.80. The maximum atomic E-state index is 8.67. The first-order valence-corrected chi connectivity index (χ1v) is 6.87. The van der Waals surface area contributed by atoms with Gasteiger partial charge in [0.25, 0.3) is 11.4 Å². The first kappa shape index (κ1) is 18.4. The first-order chi connectivity index (χ1) is 7.21. The van der Waals surface area contributed by atoms with Crippen LogP contribution in [0, 0.1) is 5.92 Å². The van der Waals surface area contributed by atoms with E-state index in [1.165, 1.54) is 32.1 Å². The third kappa shape index (κ3) is 16.5. The van der Waals surface area contributed by atoms with Crippen LogP contribution >= 0.6 is 0 Å². The molecule has 0 aromatic rings. The smallest absolute Gasteiger partial charge is 0.299 e. The third-order valence-corrected chi connectivity index (χ3v) is 2.76. The van der Waals surface area contributed by atoms with Crippen LogP contribution in [-0.4, -0.2) is 18.9 Å². The fourth-order valence-corrected chi connectivity index (χ4v) is 1.25. The lowest BCUT2D eigenvalue weighted by Gasteiger charge is -2.27. The van der Waals surface area contributed by atoms with E-state index in [-0.39, 0.29) is 5.54 Å². The maximum Gasteiger partial charge on any atom is 0.299 e. The molecule has 16 heavy (non-hydrogen) atoms. The molecular formula is C11H27NO3S. The Morgan fingerprint density at radius 2 is 1.69 bits per heavy atom. The lowest BCUT2D eigenvalue weighted by Crippen LogP contribution is -2.39. The standard InChI is InChI=1S/C11H25N.H2O3S/c1-5-6-7-8-9-10(2)11(3,4)12;1-4(2)3/h10H,5-9,12H2,1-4H3;(H2,1,2,3). The van der Waals surface area contributed by atoms with Gasteiger partial charge in [0.1, 0.15) is 0 Å². The van der Waals surface area contributed by atoms with E-state index in [9.17, 15) is 0 Å². The highest BCUT2D eigenvalue weighted by molar-refractivity contribution is 7.73. The van der Waals surface area contributed by atoms with E-state index in [0.717, 1.165) is 0 Å². The average Bonchev–Trinajstić information content (AvgIpc) is 2.09. The summed E-state index contributed by atoms with van der Waals surface area (Å²) in [6.45, 7) is 8.75. The van der Waals surface area contributed by atoms with Crippen molar-refractivity contribution in [3.63, 3.8) is 0 Å². The van der Waals surface area contributed by atoms with Gasteiger partial charge in [-0.3, -0.25) is 9.11 Å².